The largest absolute Gasteiger partial charge is 0.309 e. The third-order valence-electron chi connectivity index (χ3n) is 4.80. The van der Waals surface area contributed by atoms with Gasteiger partial charge in [0, 0.05) is 58.4 Å². The molecule has 0 saturated carbocycles. The summed E-state index contributed by atoms with van der Waals surface area (Å²) < 4.78 is 1.70. The Hall–Kier alpha value is -3.94. The van der Waals surface area contributed by atoms with Gasteiger partial charge in [0.25, 0.3) is 0 Å². The Bertz CT molecular complexity index is 1170. The van der Waals surface area contributed by atoms with Crippen LogP contribution < -0.4 is 5.32 Å². The van der Waals surface area contributed by atoms with Crippen molar-refractivity contribution in [2.24, 2.45) is 0 Å². The highest BCUT2D eigenvalue weighted by Crippen LogP contribution is 2.26. The fourth-order valence-corrected chi connectivity index (χ4v) is 3.29. The molecule has 0 radical (unpaired) electrons. The van der Waals surface area contributed by atoms with Gasteiger partial charge in [0.15, 0.2) is 0 Å². The Kier molecular flexibility index (Phi) is 5.30. The molecule has 0 atom stereocenters. The number of hydrogen-bond donors (Lipinski definition) is 1. The minimum absolute atomic E-state index is 0.0991. The van der Waals surface area contributed by atoms with E-state index in [2.05, 4.69) is 30.4 Å². The van der Waals surface area contributed by atoms with Gasteiger partial charge in [0.1, 0.15) is 18.7 Å². The van der Waals surface area contributed by atoms with Crippen molar-refractivity contribution in [1.29, 1.82) is 0 Å². The van der Waals surface area contributed by atoms with Crippen LogP contribution in [-0.2, 0) is 11.3 Å². The van der Waals surface area contributed by atoms with E-state index in [1.807, 2.05) is 45.2 Å². The van der Waals surface area contributed by atoms with E-state index < -0.39 is 0 Å². The molecule has 0 saturated heterocycles. The summed E-state index contributed by atoms with van der Waals surface area (Å²) in [5.41, 5.74) is 6.47. The van der Waals surface area contributed by atoms with Gasteiger partial charge in [0.05, 0.1) is 5.69 Å². The van der Waals surface area contributed by atoms with Crippen LogP contribution in [0.15, 0.2) is 55.4 Å². The quantitative estimate of drug-likeness (QED) is 0.552. The maximum atomic E-state index is 12.5. The van der Waals surface area contributed by atoms with Crippen molar-refractivity contribution in [1.82, 2.24) is 29.7 Å². The molecule has 1 N–H and O–H groups in total. The Morgan fingerprint density at radius 2 is 1.63 bits per heavy atom. The lowest BCUT2D eigenvalue weighted by Gasteiger charge is -2.08. The highest BCUT2D eigenvalue weighted by molar-refractivity contribution is 5.89. The summed E-state index contributed by atoms with van der Waals surface area (Å²) in [6.07, 6.45) is 8.42. The standard InChI is InChI=1S/C22H21N7O/c1-14-4-5-18(11-25-14)22-15(2)28-29(16(22)3)12-21(30)27-20-7-6-17(10-26-20)19-8-23-13-24-9-19/h4-11,13H,12H2,1-3H3,(H,26,27,30). The van der Waals surface area contributed by atoms with Gasteiger partial charge in [-0.25, -0.2) is 15.0 Å². The first-order valence-corrected chi connectivity index (χ1v) is 9.49. The van der Waals surface area contributed by atoms with E-state index in [1.54, 1.807) is 29.3 Å². The fourth-order valence-electron chi connectivity index (χ4n) is 3.29. The monoisotopic (exact) mass is 399 g/mol. The van der Waals surface area contributed by atoms with E-state index in [1.165, 1.54) is 6.33 Å². The van der Waals surface area contributed by atoms with Crippen molar-refractivity contribution in [2.75, 3.05) is 5.32 Å². The van der Waals surface area contributed by atoms with Crippen LogP contribution in [0.2, 0.25) is 0 Å². The van der Waals surface area contributed by atoms with Crippen molar-refractivity contribution in [3.05, 3.63) is 72.5 Å². The first-order chi connectivity index (χ1) is 14.5. The molecule has 0 aliphatic heterocycles. The summed E-state index contributed by atoms with van der Waals surface area (Å²) in [6.45, 7) is 5.94. The van der Waals surface area contributed by atoms with Gasteiger partial charge in [-0.3, -0.25) is 14.5 Å². The van der Waals surface area contributed by atoms with Crippen LogP contribution in [0.4, 0.5) is 5.82 Å². The number of aryl methyl sites for hydroxylation is 2. The number of aromatic nitrogens is 6. The van der Waals surface area contributed by atoms with Crippen LogP contribution in [-0.4, -0.2) is 35.6 Å². The second-order valence-electron chi connectivity index (χ2n) is 7.00. The van der Waals surface area contributed by atoms with Crippen molar-refractivity contribution in [3.8, 4) is 22.3 Å². The number of nitrogens with one attached hydrogen (secondary N) is 1. The van der Waals surface area contributed by atoms with E-state index >= 15 is 0 Å². The van der Waals surface area contributed by atoms with Crippen LogP contribution in [0.5, 0.6) is 0 Å². The van der Waals surface area contributed by atoms with Crippen LogP contribution in [0, 0.1) is 20.8 Å². The normalized spacial score (nSPS) is 10.8. The molecule has 0 fully saturated rings. The van der Waals surface area contributed by atoms with Gasteiger partial charge in [-0.05, 0) is 39.0 Å². The number of hydrogen-bond acceptors (Lipinski definition) is 6. The first kappa shape index (κ1) is 19.4. The van der Waals surface area contributed by atoms with Crippen LogP contribution in [0.3, 0.4) is 0 Å². The molecule has 150 valence electrons. The maximum Gasteiger partial charge on any atom is 0.247 e. The maximum absolute atomic E-state index is 12.5. The van der Waals surface area contributed by atoms with Crippen LogP contribution >= 0.6 is 0 Å². The number of carbonyl (C=O) groups excluding carboxylic acids is 1. The fraction of sp³-hybridized carbons (Fsp3) is 0.182. The second kappa shape index (κ2) is 8.20. The van der Waals surface area contributed by atoms with Crippen LogP contribution in [0.1, 0.15) is 17.1 Å². The molecule has 4 aromatic rings. The molecule has 0 aliphatic rings. The predicted molar refractivity (Wildman–Crippen MR) is 114 cm³/mol. The Balaban J connectivity index is 1.47. The van der Waals surface area contributed by atoms with E-state index in [0.29, 0.717) is 5.82 Å². The lowest BCUT2D eigenvalue weighted by Crippen LogP contribution is -2.20. The zero-order chi connectivity index (χ0) is 21.1. The van der Waals surface area contributed by atoms with Gasteiger partial charge in [-0.2, -0.15) is 5.10 Å². The predicted octanol–water partition coefficient (Wildman–Crippen LogP) is 3.36. The lowest BCUT2D eigenvalue weighted by atomic mass is 10.1. The van der Waals surface area contributed by atoms with E-state index in [9.17, 15) is 4.79 Å². The van der Waals surface area contributed by atoms with E-state index in [0.717, 1.165) is 39.3 Å². The molecule has 4 rings (SSSR count). The smallest absolute Gasteiger partial charge is 0.247 e. The average Bonchev–Trinajstić information content (AvgIpc) is 3.03. The molecule has 0 spiro atoms. The highest BCUT2D eigenvalue weighted by atomic mass is 16.2. The van der Waals surface area contributed by atoms with E-state index in [4.69, 9.17) is 0 Å². The summed E-state index contributed by atoms with van der Waals surface area (Å²) in [6, 6.07) is 7.61. The lowest BCUT2D eigenvalue weighted by molar-refractivity contribution is -0.117. The van der Waals surface area contributed by atoms with Gasteiger partial charge >= 0.3 is 0 Å². The first-order valence-electron chi connectivity index (χ1n) is 9.49. The average molecular weight is 399 g/mol. The SMILES string of the molecule is Cc1ccc(-c2c(C)nn(CC(=O)Nc3ccc(-c4cncnc4)cn3)c2C)cn1. The molecule has 4 heterocycles. The number of rotatable bonds is 5. The van der Waals surface area contributed by atoms with Gasteiger partial charge in [-0.1, -0.05) is 6.07 Å². The summed E-state index contributed by atoms with van der Waals surface area (Å²) in [7, 11) is 0. The highest BCUT2D eigenvalue weighted by Gasteiger charge is 2.16. The Labute approximate surface area is 174 Å². The molecule has 1 amide bonds. The molecule has 0 aliphatic carbocycles. The zero-order valence-corrected chi connectivity index (χ0v) is 17.0. The molecule has 30 heavy (non-hydrogen) atoms. The number of pyridine rings is 2. The zero-order valence-electron chi connectivity index (χ0n) is 17.0. The minimum Gasteiger partial charge on any atom is -0.309 e. The van der Waals surface area contributed by atoms with Crippen molar-refractivity contribution in [3.63, 3.8) is 0 Å². The topological polar surface area (TPSA) is 98.5 Å². The number of anilines is 1. The Morgan fingerprint density at radius 1 is 0.900 bits per heavy atom. The van der Waals surface area contributed by atoms with E-state index in [-0.39, 0.29) is 12.5 Å². The molecule has 4 aromatic heterocycles. The summed E-state index contributed by atoms with van der Waals surface area (Å²) in [5, 5.41) is 7.36. The summed E-state index contributed by atoms with van der Waals surface area (Å²) >= 11 is 0. The summed E-state index contributed by atoms with van der Waals surface area (Å²) in [4.78, 5) is 29.2. The van der Waals surface area contributed by atoms with Gasteiger partial charge in [-0.15, -0.1) is 0 Å². The van der Waals surface area contributed by atoms with Gasteiger partial charge < -0.3 is 5.32 Å². The number of amides is 1. The van der Waals surface area contributed by atoms with Crippen molar-refractivity contribution in [2.45, 2.75) is 27.3 Å². The third kappa shape index (κ3) is 4.07. The molecule has 8 heteroatoms. The molecule has 0 unspecified atom stereocenters. The van der Waals surface area contributed by atoms with Crippen molar-refractivity contribution < 1.29 is 4.79 Å². The third-order valence-corrected chi connectivity index (χ3v) is 4.80. The molecular weight excluding hydrogens is 378 g/mol. The second-order valence-corrected chi connectivity index (χ2v) is 7.00. The van der Waals surface area contributed by atoms with Crippen LogP contribution in [0.25, 0.3) is 22.3 Å². The number of carbonyl (C=O) groups is 1. The minimum atomic E-state index is -0.197. The molecule has 8 nitrogen and oxygen atoms in total. The summed E-state index contributed by atoms with van der Waals surface area (Å²) in [5.74, 6) is 0.280. The molecule has 0 bridgehead atoms. The van der Waals surface area contributed by atoms with Crippen molar-refractivity contribution >= 4 is 11.7 Å². The molecular formula is C22H21N7O. The Morgan fingerprint density at radius 3 is 2.30 bits per heavy atom. The van der Waals surface area contributed by atoms with Gasteiger partial charge in [0.2, 0.25) is 5.91 Å². The molecule has 0 aromatic carbocycles. The number of nitrogens with zero attached hydrogens (tertiary/aromatic N) is 6.